The van der Waals surface area contributed by atoms with Gasteiger partial charge in [-0.2, -0.15) is 0 Å². The Hall–Kier alpha value is -0.720. The molecule has 1 nitrogen and oxygen atoms in total. The summed E-state index contributed by atoms with van der Waals surface area (Å²) in [4.78, 5) is 0. The zero-order valence-electron chi connectivity index (χ0n) is 8.19. The number of allylic oxidation sites excluding steroid dienone is 2. The lowest BCUT2D eigenvalue weighted by molar-refractivity contribution is 0.599. The van der Waals surface area contributed by atoms with Gasteiger partial charge in [-0.1, -0.05) is 13.5 Å². The minimum atomic E-state index is 0.478. The van der Waals surface area contributed by atoms with Crippen LogP contribution < -0.4 is 5.32 Å². The van der Waals surface area contributed by atoms with Crippen molar-refractivity contribution in [2.24, 2.45) is 5.41 Å². The van der Waals surface area contributed by atoms with E-state index in [9.17, 15) is 0 Å². The average molecular weight is 165 g/mol. The molecule has 0 aromatic carbocycles. The molecule has 1 N–H and O–H groups in total. The van der Waals surface area contributed by atoms with Gasteiger partial charge in [0, 0.05) is 6.54 Å². The Kier molecular flexibility index (Phi) is 2.96. The second-order valence-corrected chi connectivity index (χ2v) is 3.55. The van der Waals surface area contributed by atoms with Crippen molar-refractivity contribution in [3.05, 3.63) is 24.4 Å². The van der Waals surface area contributed by atoms with Crippen LogP contribution in [-0.4, -0.2) is 6.54 Å². The molecule has 1 saturated carbocycles. The Labute approximate surface area is 75.6 Å². The lowest BCUT2D eigenvalue weighted by atomic mass is 9.94. The van der Waals surface area contributed by atoms with Crippen molar-refractivity contribution in [1.29, 1.82) is 0 Å². The Morgan fingerprint density at radius 3 is 2.58 bits per heavy atom. The van der Waals surface area contributed by atoms with Crippen molar-refractivity contribution in [3.8, 4) is 0 Å². The maximum atomic E-state index is 4.10. The van der Waals surface area contributed by atoms with Crippen LogP contribution in [0.2, 0.25) is 0 Å². The van der Waals surface area contributed by atoms with E-state index in [0.717, 1.165) is 6.54 Å². The van der Waals surface area contributed by atoms with Crippen molar-refractivity contribution in [3.63, 3.8) is 0 Å². The van der Waals surface area contributed by atoms with Crippen LogP contribution in [0.15, 0.2) is 24.4 Å². The summed E-state index contributed by atoms with van der Waals surface area (Å²) in [6, 6.07) is 0. The first-order valence-corrected chi connectivity index (χ1v) is 4.84. The van der Waals surface area contributed by atoms with Gasteiger partial charge in [-0.3, -0.25) is 0 Å². The molecule has 0 spiro atoms. The van der Waals surface area contributed by atoms with Crippen LogP contribution >= 0.6 is 0 Å². The van der Waals surface area contributed by atoms with Gasteiger partial charge in [0.2, 0.25) is 0 Å². The molecule has 1 fully saturated rings. The fraction of sp³-hybridized carbons (Fsp3) is 0.636. The molecule has 1 heteroatoms. The van der Waals surface area contributed by atoms with E-state index in [2.05, 4.69) is 31.8 Å². The zero-order valence-corrected chi connectivity index (χ0v) is 8.19. The summed E-state index contributed by atoms with van der Waals surface area (Å²) < 4.78 is 0. The predicted molar refractivity (Wildman–Crippen MR) is 53.9 cm³/mol. The smallest absolute Gasteiger partial charge is 0.0113 e. The van der Waals surface area contributed by atoms with E-state index >= 15 is 0 Å². The van der Waals surface area contributed by atoms with Gasteiger partial charge in [0.15, 0.2) is 0 Å². The highest BCUT2D eigenvalue weighted by atomic mass is 14.8. The predicted octanol–water partition coefficient (Wildman–Crippen LogP) is 2.86. The highest BCUT2D eigenvalue weighted by molar-refractivity contribution is 5.28. The van der Waals surface area contributed by atoms with E-state index in [4.69, 9.17) is 0 Å². The molecule has 1 aliphatic rings. The van der Waals surface area contributed by atoms with E-state index in [1.807, 2.05) is 6.20 Å². The summed E-state index contributed by atoms with van der Waals surface area (Å²) in [5.41, 5.74) is 1.78. The van der Waals surface area contributed by atoms with Gasteiger partial charge in [-0.05, 0) is 49.5 Å². The first-order chi connectivity index (χ1) is 5.75. The van der Waals surface area contributed by atoms with E-state index < -0.39 is 0 Å². The lowest BCUT2D eigenvalue weighted by Crippen LogP contribution is -2.04. The summed E-state index contributed by atoms with van der Waals surface area (Å²) >= 11 is 0. The first-order valence-electron chi connectivity index (χ1n) is 4.84. The molecular weight excluding hydrogens is 146 g/mol. The molecule has 0 saturated heterocycles. The van der Waals surface area contributed by atoms with Crippen LogP contribution in [0.3, 0.4) is 0 Å². The molecule has 0 atom stereocenters. The highest BCUT2D eigenvalue weighted by Crippen LogP contribution is 2.54. The molecule has 0 bridgehead atoms. The number of nitrogens with one attached hydrogen (secondary N) is 1. The molecular formula is C11H19N. The van der Waals surface area contributed by atoms with E-state index in [-0.39, 0.29) is 0 Å². The van der Waals surface area contributed by atoms with Crippen LogP contribution in [0.5, 0.6) is 0 Å². The molecule has 12 heavy (non-hydrogen) atoms. The minimum absolute atomic E-state index is 0.478. The second-order valence-electron chi connectivity index (χ2n) is 3.55. The van der Waals surface area contributed by atoms with Crippen LogP contribution in [0.4, 0.5) is 0 Å². The van der Waals surface area contributed by atoms with Gasteiger partial charge in [0.1, 0.15) is 0 Å². The van der Waals surface area contributed by atoms with E-state index in [0.29, 0.717) is 5.41 Å². The molecule has 0 radical (unpaired) electrons. The molecule has 0 aromatic heterocycles. The van der Waals surface area contributed by atoms with E-state index in [1.54, 1.807) is 0 Å². The quantitative estimate of drug-likeness (QED) is 0.618. The fourth-order valence-electron chi connectivity index (χ4n) is 1.51. The standard InChI is InChI=1S/C11H19N/c1-4-11(7-8-11)10(3)6-9-12-5-2/h6,9,12H,3-5,7-8H2,1-2H3/b9-6-. The topological polar surface area (TPSA) is 12.0 Å². The molecule has 0 unspecified atom stereocenters. The van der Waals surface area contributed by atoms with Crippen molar-refractivity contribution < 1.29 is 0 Å². The minimum Gasteiger partial charge on any atom is -0.391 e. The van der Waals surface area contributed by atoms with Crippen LogP contribution in [0.1, 0.15) is 33.1 Å². The summed E-state index contributed by atoms with van der Waals surface area (Å²) in [5, 5.41) is 3.16. The molecule has 1 rings (SSSR count). The first kappa shape index (κ1) is 9.37. The van der Waals surface area contributed by atoms with Gasteiger partial charge in [-0.15, -0.1) is 0 Å². The van der Waals surface area contributed by atoms with Gasteiger partial charge in [0.05, 0.1) is 0 Å². The number of hydrogen-bond donors (Lipinski definition) is 1. The molecule has 1 aliphatic carbocycles. The summed E-state index contributed by atoms with van der Waals surface area (Å²) in [5.74, 6) is 0. The highest BCUT2D eigenvalue weighted by Gasteiger charge is 2.41. The van der Waals surface area contributed by atoms with Crippen LogP contribution in [0.25, 0.3) is 0 Å². The summed E-state index contributed by atoms with van der Waals surface area (Å²) in [6.07, 6.45) is 8.04. The van der Waals surface area contributed by atoms with Gasteiger partial charge < -0.3 is 5.32 Å². The van der Waals surface area contributed by atoms with Crippen molar-refractivity contribution in [2.75, 3.05) is 6.54 Å². The molecule has 0 aliphatic heterocycles. The number of hydrogen-bond acceptors (Lipinski definition) is 1. The second kappa shape index (κ2) is 3.79. The average Bonchev–Trinajstić information content (AvgIpc) is 2.85. The Bertz CT molecular complexity index is 187. The molecule has 68 valence electrons. The van der Waals surface area contributed by atoms with Crippen molar-refractivity contribution in [2.45, 2.75) is 33.1 Å². The van der Waals surface area contributed by atoms with Crippen molar-refractivity contribution >= 4 is 0 Å². The van der Waals surface area contributed by atoms with Gasteiger partial charge in [0.25, 0.3) is 0 Å². The van der Waals surface area contributed by atoms with Crippen LogP contribution in [-0.2, 0) is 0 Å². The monoisotopic (exact) mass is 165 g/mol. The van der Waals surface area contributed by atoms with Crippen molar-refractivity contribution in [1.82, 2.24) is 5.32 Å². The number of rotatable bonds is 5. The third-order valence-electron chi connectivity index (χ3n) is 2.82. The summed E-state index contributed by atoms with van der Waals surface area (Å²) in [6.45, 7) is 9.44. The third-order valence-corrected chi connectivity index (χ3v) is 2.82. The largest absolute Gasteiger partial charge is 0.391 e. The van der Waals surface area contributed by atoms with E-state index in [1.165, 1.54) is 24.8 Å². The summed E-state index contributed by atoms with van der Waals surface area (Å²) in [7, 11) is 0. The van der Waals surface area contributed by atoms with Crippen LogP contribution in [0, 0.1) is 5.41 Å². The molecule has 0 heterocycles. The maximum absolute atomic E-state index is 4.10. The van der Waals surface area contributed by atoms with Gasteiger partial charge >= 0.3 is 0 Å². The fourth-order valence-corrected chi connectivity index (χ4v) is 1.51. The SMILES string of the molecule is C=C(/C=C\NCC)C1(CC)CC1. The Balaban J connectivity index is 2.38. The zero-order chi connectivity index (χ0) is 9.03. The third kappa shape index (κ3) is 1.90. The Morgan fingerprint density at radius 2 is 2.17 bits per heavy atom. The normalized spacial score (nSPS) is 19.5. The maximum Gasteiger partial charge on any atom is 0.0113 e. The van der Waals surface area contributed by atoms with Gasteiger partial charge in [-0.25, -0.2) is 0 Å². The lowest BCUT2D eigenvalue weighted by Gasteiger charge is -2.11. The molecule has 0 aromatic rings. The molecule has 0 amide bonds. The Morgan fingerprint density at radius 1 is 1.50 bits per heavy atom.